The van der Waals surface area contributed by atoms with Crippen LogP contribution in [-0.4, -0.2) is 43.3 Å². The number of piperidine rings is 1. The molecule has 0 radical (unpaired) electrons. The first-order chi connectivity index (χ1) is 17.4. The predicted octanol–water partition coefficient (Wildman–Crippen LogP) is 3.09. The van der Waals surface area contributed by atoms with Crippen LogP contribution in [0.5, 0.6) is 0 Å². The van der Waals surface area contributed by atoms with Crippen LogP contribution in [0.1, 0.15) is 47.0 Å². The minimum Gasteiger partial charge on any atom is -0.390 e. The van der Waals surface area contributed by atoms with Crippen LogP contribution in [0.4, 0.5) is 5.95 Å². The van der Waals surface area contributed by atoms with E-state index in [4.69, 9.17) is 17.3 Å². The third kappa shape index (κ3) is 3.62. The quantitative estimate of drug-likeness (QED) is 0.314. The molecule has 1 aromatic carbocycles. The van der Waals surface area contributed by atoms with Crippen molar-refractivity contribution >= 4 is 34.2 Å². The fourth-order valence-corrected chi connectivity index (χ4v) is 5.93. The summed E-state index contributed by atoms with van der Waals surface area (Å²) < 4.78 is 0. The summed E-state index contributed by atoms with van der Waals surface area (Å²) in [6, 6.07) is 11.8. The van der Waals surface area contributed by atoms with Crippen molar-refractivity contribution in [2.75, 3.05) is 18.0 Å². The van der Waals surface area contributed by atoms with Gasteiger partial charge in [0, 0.05) is 24.7 Å². The van der Waals surface area contributed by atoms with Crippen molar-refractivity contribution in [2.45, 2.75) is 31.9 Å². The van der Waals surface area contributed by atoms with Gasteiger partial charge >= 0.3 is 0 Å². The lowest BCUT2D eigenvalue weighted by atomic mass is 9.73. The normalized spacial score (nSPS) is 18.6. The average Bonchev–Trinajstić information content (AvgIpc) is 3.43. The Morgan fingerprint density at radius 2 is 2.03 bits per heavy atom. The Labute approximate surface area is 212 Å². The SMILES string of the molecule is C=C(c1cc(Cl)nc(CO)c1)c1n[nH]c2nc(N3CCC4(CC3)Cc3ccccc3[C@H]4N)[nH]c(=O)c12. The number of nitrogens with one attached hydrogen (secondary N) is 2. The molecule has 0 unspecified atom stereocenters. The van der Waals surface area contributed by atoms with Gasteiger partial charge < -0.3 is 15.7 Å². The second-order valence-corrected chi connectivity index (χ2v) is 10.1. The standard InChI is InChI=1S/C26H26ClN7O2/c1-14(16-10-17(13-35)29-19(27)11-16)21-20-23(33-32-21)30-25(31-24(20)36)34-8-6-26(7-9-34)12-15-4-2-3-5-18(15)22(26)28/h2-5,10-11,22,35H,1,6-9,12-13,28H2,(H2,30,31,32,33,36)/t22-/m1/s1. The van der Waals surface area contributed by atoms with Gasteiger partial charge in [-0.05, 0) is 53.5 Å². The summed E-state index contributed by atoms with van der Waals surface area (Å²) in [6.45, 7) is 5.34. The second kappa shape index (κ2) is 8.55. The van der Waals surface area contributed by atoms with Crippen LogP contribution < -0.4 is 16.2 Å². The Morgan fingerprint density at radius 1 is 1.25 bits per heavy atom. The maximum atomic E-state index is 13.2. The largest absolute Gasteiger partial charge is 0.390 e. The number of fused-ring (bicyclic) bond motifs is 2. The number of pyridine rings is 1. The monoisotopic (exact) mass is 503 g/mol. The molecule has 1 saturated heterocycles. The fraction of sp³-hybridized carbons (Fsp3) is 0.308. The number of H-pyrrole nitrogens is 2. The van der Waals surface area contributed by atoms with Crippen molar-refractivity contribution in [2.24, 2.45) is 11.1 Å². The lowest BCUT2D eigenvalue weighted by molar-refractivity contribution is 0.187. The number of halogens is 1. The lowest BCUT2D eigenvalue weighted by Crippen LogP contribution is -2.45. The Balaban J connectivity index is 1.26. The van der Waals surface area contributed by atoms with Crippen molar-refractivity contribution in [1.82, 2.24) is 25.1 Å². The van der Waals surface area contributed by atoms with Crippen molar-refractivity contribution in [3.63, 3.8) is 0 Å². The molecule has 9 nitrogen and oxygen atoms in total. The van der Waals surface area contributed by atoms with Gasteiger partial charge in [-0.2, -0.15) is 10.1 Å². The first-order valence-electron chi connectivity index (χ1n) is 11.9. The molecule has 0 bridgehead atoms. The molecule has 1 fully saturated rings. The number of nitrogens with two attached hydrogens (primary N) is 1. The highest BCUT2D eigenvalue weighted by atomic mass is 35.5. The number of nitrogens with zero attached hydrogens (tertiary/aromatic N) is 4. The van der Waals surface area contributed by atoms with E-state index in [0.717, 1.165) is 32.4 Å². The highest BCUT2D eigenvalue weighted by Crippen LogP contribution is 2.50. The van der Waals surface area contributed by atoms with Crippen LogP contribution in [0.2, 0.25) is 5.15 Å². The fourth-order valence-electron chi connectivity index (χ4n) is 5.71. The molecule has 36 heavy (non-hydrogen) atoms. The zero-order valence-electron chi connectivity index (χ0n) is 19.6. The molecule has 0 saturated carbocycles. The van der Waals surface area contributed by atoms with Gasteiger partial charge in [0.2, 0.25) is 5.95 Å². The van der Waals surface area contributed by atoms with Crippen LogP contribution in [-0.2, 0) is 13.0 Å². The van der Waals surface area contributed by atoms with E-state index in [2.05, 4.69) is 60.9 Å². The van der Waals surface area contributed by atoms with Gasteiger partial charge in [0.05, 0.1) is 12.3 Å². The number of aliphatic hydroxyl groups excluding tert-OH is 1. The van der Waals surface area contributed by atoms with Gasteiger partial charge in [0.1, 0.15) is 16.2 Å². The van der Waals surface area contributed by atoms with E-state index in [9.17, 15) is 9.90 Å². The molecular formula is C26H26ClN7O2. The zero-order valence-corrected chi connectivity index (χ0v) is 20.3. The highest BCUT2D eigenvalue weighted by Gasteiger charge is 2.46. The molecule has 1 aliphatic carbocycles. The molecule has 1 spiro atoms. The van der Waals surface area contributed by atoms with Gasteiger partial charge in [-0.3, -0.25) is 14.9 Å². The Hall–Kier alpha value is -3.53. The Morgan fingerprint density at radius 3 is 2.78 bits per heavy atom. The number of aliphatic hydroxyl groups is 1. The molecular weight excluding hydrogens is 478 g/mol. The van der Waals surface area contributed by atoms with Crippen molar-refractivity contribution in [3.05, 3.63) is 86.6 Å². The minimum absolute atomic E-state index is 0.0274. The lowest BCUT2D eigenvalue weighted by Gasteiger charge is -2.42. The maximum Gasteiger partial charge on any atom is 0.264 e. The van der Waals surface area contributed by atoms with Crippen molar-refractivity contribution in [1.29, 1.82) is 0 Å². The number of aromatic nitrogens is 5. The van der Waals surface area contributed by atoms with Gasteiger partial charge in [-0.1, -0.05) is 42.4 Å². The number of hydrogen-bond acceptors (Lipinski definition) is 7. The van der Waals surface area contributed by atoms with Gasteiger partial charge in [0.15, 0.2) is 5.65 Å². The molecule has 1 atom stereocenters. The summed E-state index contributed by atoms with van der Waals surface area (Å²) in [5.41, 5.74) is 11.3. The van der Waals surface area contributed by atoms with Gasteiger partial charge in [-0.25, -0.2) is 4.98 Å². The van der Waals surface area contributed by atoms with E-state index in [1.807, 2.05) is 0 Å². The van der Waals surface area contributed by atoms with Crippen LogP contribution >= 0.6 is 11.6 Å². The third-order valence-corrected chi connectivity index (χ3v) is 7.91. The first kappa shape index (κ1) is 22.9. The maximum absolute atomic E-state index is 13.2. The summed E-state index contributed by atoms with van der Waals surface area (Å²) in [5, 5.41) is 17.2. The van der Waals surface area contributed by atoms with E-state index < -0.39 is 0 Å². The first-order valence-corrected chi connectivity index (χ1v) is 12.3. The summed E-state index contributed by atoms with van der Waals surface area (Å²) in [6.07, 6.45) is 2.83. The van der Waals surface area contributed by atoms with Crippen LogP contribution in [0.25, 0.3) is 16.6 Å². The number of aromatic amines is 2. The summed E-state index contributed by atoms with van der Waals surface area (Å²) in [7, 11) is 0. The van der Waals surface area contributed by atoms with E-state index in [1.54, 1.807) is 12.1 Å². The summed E-state index contributed by atoms with van der Waals surface area (Å²) in [5.74, 6) is 0.516. The number of rotatable bonds is 4. The Kier molecular flexibility index (Phi) is 5.44. The van der Waals surface area contributed by atoms with E-state index in [-0.39, 0.29) is 28.8 Å². The number of anilines is 1. The zero-order chi connectivity index (χ0) is 25.0. The van der Waals surface area contributed by atoms with Crippen LogP contribution in [0, 0.1) is 5.41 Å². The molecule has 6 rings (SSSR count). The number of benzene rings is 1. The summed E-state index contributed by atoms with van der Waals surface area (Å²) in [4.78, 5) is 27.0. The smallest absolute Gasteiger partial charge is 0.264 e. The minimum atomic E-state index is -0.298. The summed E-state index contributed by atoms with van der Waals surface area (Å²) >= 11 is 6.09. The molecule has 4 heterocycles. The molecule has 184 valence electrons. The Bertz CT molecular complexity index is 1550. The highest BCUT2D eigenvalue weighted by molar-refractivity contribution is 6.29. The molecule has 4 aromatic rings. The third-order valence-electron chi connectivity index (χ3n) is 7.71. The molecule has 3 aromatic heterocycles. The van der Waals surface area contributed by atoms with E-state index in [1.165, 1.54) is 11.1 Å². The predicted molar refractivity (Wildman–Crippen MR) is 139 cm³/mol. The van der Waals surface area contributed by atoms with E-state index in [0.29, 0.717) is 39.5 Å². The average molecular weight is 504 g/mol. The van der Waals surface area contributed by atoms with Crippen LogP contribution in [0.15, 0.2) is 47.8 Å². The molecule has 5 N–H and O–H groups in total. The molecule has 10 heteroatoms. The van der Waals surface area contributed by atoms with E-state index >= 15 is 0 Å². The van der Waals surface area contributed by atoms with Crippen LogP contribution in [0.3, 0.4) is 0 Å². The van der Waals surface area contributed by atoms with Crippen molar-refractivity contribution in [3.8, 4) is 0 Å². The molecule has 2 aliphatic rings. The topological polar surface area (TPSA) is 137 Å². The number of hydrogen-bond donors (Lipinski definition) is 4. The molecule has 1 aliphatic heterocycles. The molecule has 0 amide bonds. The van der Waals surface area contributed by atoms with Crippen molar-refractivity contribution < 1.29 is 5.11 Å². The van der Waals surface area contributed by atoms with Gasteiger partial charge in [0.25, 0.3) is 5.56 Å². The van der Waals surface area contributed by atoms with Gasteiger partial charge in [-0.15, -0.1) is 0 Å². The second-order valence-electron chi connectivity index (χ2n) is 9.69.